The summed E-state index contributed by atoms with van der Waals surface area (Å²) in [7, 11) is 0. The van der Waals surface area contributed by atoms with Gasteiger partial charge in [0.1, 0.15) is 12.2 Å². The van der Waals surface area contributed by atoms with Gasteiger partial charge in [0.25, 0.3) is 0 Å². The minimum Gasteiger partial charge on any atom is -0.463 e. The molecule has 202 valence electrons. The summed E-state index contributed by atoms with van der Waals surface area (Å²) in [5.41, 5.74) is 3.49. The maximum atomic E-state index is 12.2. The molecular formula is C32H50O4. The van der Waals surface area contributed by atoms with Gasteiger partial charge in [-0.25, -0.2) is 0 Å². The van der Waals surface area contributed by atoms with Crippen LogP contribution in [0, 0.1) is 46.3 Å². The molecular weight excluding hydrogens is 448 g/mol. The summed E-state index contributed by atoms with van der Waals surface area (Å²) in [6, 6.07) is 0. The van der Waals surface area contributed by atoms with Gasteiger partial charge in [-0.3, -0.25) is 9.59 Å². The Labute approximate surface area is 219 Å². The van der Waals surface area contributed by atoms with E-state index in [9.17, 15) is 9.59 Å². The number of carbonyl (C=O) groups excluding carboxylic acids is 2. The number of carbonyl (C=O) groups is 2. The molecule has 4 heteroatoms. The van der Waals surface area contributed by atoms with E-state index in [1.807, 2.05) is 0 Å². The zero-order valence-corrected chi connectivity index (χ0v) is 24.1. The van der Waals surface area contributed by atoms with E-state index in [4.69, 9.17) is 9.47 Å². The van der Waals surface area contributed by atoms with Gasteiger partial charge in [-0.15, -0.1) is 0 Å². The first-order chi connectivity index (χ1) is 16.9. The van der Waals surface area contributed by atoms with Crippen LogP contribution in [0.15, 0.2) is 23.3 Å². The highest BCUT2D eigenvalue weighted by Gasteiger charge is 2.60. The lowest BCUT2D eigenvalue weighted by molar-refractivity contribution is -0.168. The molecule has 3 fully saturated rings. The Kier molecular flexibility index (Phi) is 7.85. The Hall–Kier alpha value is -1.58. The molecule has 3 saturated carbocycles. The quantitative estimate of drug-likeness (QED) is 0.278. The molecule has 0 unspecified atom stereocenters. The fraction of sp³-hybridized carbons (Fsp3) is 0.812. The Morgan fingerprint density at radius 2 is 1.69 bits per heavy atom. The van der Waals surface area contributed by atoms with Gasteiger partial charge in [0.2, 0.25) is 0 Å². The van der Waals surface area contributed by atoms with Crippen LogP contribution in [-0.2, 0) is 19.1 Å². The first kappa shape index (κ1) is 27.5. The summed E-state index contributed by atoms with van der Waals surface area (Å²) >= 11 is 0. The topological polar surface area (TPSA) is 52.6 Å². The summed E-state index contributed by atoms with van der Waals surface area (Å²) < 4.78 is 11.7. The molecule has 0 amide bonds. The van der Waals surface area contributed by atoms with E-state index < -0.39 is 0 Å². The van der Waals surface area contributed by atoms with Crippen LogP contribution < -0.4 is 0 Å². The van der Waals surface area contributed by atoms with Gasteiger partial charge in [-0.1, -0.05) is 57.9 Å². The van der Waals surface area contributed by atoms with Crippen molar-refractivity contribution in [2.45, 2.75) is 119 Å². The Morgan fingerprint density at radius 1 is 1.00 bits per heavy atom. The lowest BCUT2D eigenvalue weighted by Crippen LogP contribution is -2.54. The molecule has 0 heterocycles. The lowest BCUT2D eigenvalue weighted by atomic mass is 9.47. The number of hydrogen-bond acceptors (Lipinski definition) is 4. The van der Waals surface area contributed by atoms with Gasteiger partial charge in [-0.2, -0.15) is 0 Å². The summed E-state index contributed by atoms with van der Waals surface area (Å²) in [4.78, 5) is 23.9. The zero-order chi connectivity index (χ0) is 26.4. The minimum atomic E-state index is -0.211. The highest BCUT2D eigenvalue weighted by atomic mass is 16.5. The average Bonchev–Trinajstić information content (AvgIpc) is 3.14. The van der Waals surface area contributed by atoms with Crippen molar-refractivity contribution >= 4 is 11.9 Å². The third-order valence-electron chi connectivity index (χ3n) is 11.1. The Bertz CT molecular complexity index is 915. The molecule has 0 N–H and O–H groups in total. The fourth-order valence-corrected chi connectivity index (χ4v) is 8.73. The number of fused-ring (bicyclic) bond motifs is 5. The van der Waals surface area contributed by atoms with E-state index >= 15 is 0 Å². The maximum Gasteiger partial charge on any atom is 0.302 e. The van der Waals surface area contributed by atoms with Crippen LogP contribution in [-0.4, -0.2) is 24.1 Å². The average molecular weight is 499 g/mol. The highest BCUT2D eigenvalue weighted by Crippen LogP contribution is 2.66. The predicted molar refractivity (Wildman–Crippen MR) is 144 cm³/mol. The molecule has 0 bridgehead atoms. The normalized spacial score (nSPS) is 41.0. The van der Waals surface area contributed by atoms with E-state index in [0.717, 1.165) is 32.1 Å². The summed E-state index contributed by atoms with van der Waals surface area (Å²) in [6.45, 7) is 17.4. The number of ether oxygens (including phenoxy) is 2. The molecule has 9 atom stereocenters. The number of rotatable bonds is 6. The van der Waals surface area contributed by atoms with E-state index in [2.05, 4.69) is 53.7 Å². The second-order valence-corrected chi connectivity index (χ2v) is 13.5. The zero-order valence-electron chi connectivity index (χ0n) is 24.1. The van der Waals surface area contributed by atoms with Gasteiger partial charge in [0.15, 0.2) is 0 Å². The van der Waals surface area contributed by atoms with Crippen LogP contribution in [0.2, 0.25) is 0 Å². The van der Waals surface area contributed by atoms with Crippen LogP contribution in [0.4, 0.5) is 0 Å². The van der Waals surface area contributed by atoms with Crippen LogP contribution in [0.3, 0.4) is 0 Å². The monoisotopic (exact) mass is 498 g/mol. The number of hydrogen-bond donors (Lipinski definition) is 0. The van der Waals surface area contributed by atoms with Crippen LogP contribution in [0.5, 0.6) is 0 Å². The number of allylic oxidation sites excluding steroid dienone is 4. The molecule has 0 radical (unpaired) electrons. The molecule has 4 aliphatic carbocycles. The van der Waals surface area contributed by atoms with Crippen molar-refractivity contribution < 1.29 is 19.1 Å². The molecule has 0 aliphatic heterocycles. The Balaban J connectivity index is 1.62. The second kappa shape index (κ2) is 10.3. The van der Waals surface area contributed by atoms with Gasteiger partial charge < -0.3 is 9.47 Å². The maximum absolute atomic E-state index is 12.2. The van der Waals surface area contributed by atoms with Crippen molar-refractivity contribution in [1.82, 2.24) is 0 Å². The van der Waals surface area contributed by atoms with Gasteiger partial charge in [-0.05, 0) is 98.7 Å². The predicted octanol–water partition coefficient (Wildman–Crippen LogP) is 7.67. The van der Waals surface area contributed by atoms with E-state index in [1.165, 1.54) is 33.1 Å². The summed E-state index contributed by atoms with van der Waals surface area (Å²) in [5, 5.41) is 0. The molecule has 0 aromatic carbocycles. The second-order valence-electron chi connectivity index (χ2n) is 13.5. The Morgan fingerprint density at radius 3 is 2.33 bits per heavy atom. The third-order valence-corrected chi connectivity index (χ3v) is 11.1. The molecule has 4 aliphatic rings. The number of esters is 2. The molecule has 0 spiro atoms. The van der Waals surface area contributed by atoms with Gasteiger partial charge in [0, 0.05) is 19.8 Å². The van der Waals surface area contributed by atoms with Gasteiger partial charge in [0.05, 0.1) is 0 Å². The van der Waals surface area contributed by atoms with Crippen molar-refractivity contribution in [2.24, 2.45) is 46.3 Å². The van der Waals surface area contributed by atoms with Crippen LogP contribution >= 0.6 is 0 Å². The van der Waals surface area contributed by atoms with E-state index in [-0.39, 0.29) is 40.9 Å². The van der Waals surface area contributed by atoms with Crippen molar-refractivity contribution in [3.63, 3.8) is 0 Å². The molecule has 0 aromatic rings. The largest absolute Gasteiger partial charge is 0.463 e. The van der Waals surface area contributed by atoms with Crippen molar-refractivity contribution in [3.8, 4) is 0 Å². The van der Waals surface area contributed by atoms with Crippen LogP contribution in [0.1, 0.15) is 107 Å². The smallest absolute Gasteiger partial charge is 0.302 e. The van der Waals surface area contributed by atoms with Crippen LogP contribution in [0.25, 0.3) is 0 Å². The van der Waals surface area contributed by atoms with E-state index in [1.54, 1.807) is 11.1 Å². The SMILES string of the molecule is CC(=O)O[C@H]1CC[C@]2(C)C3=CC[C@]4(C)[C@@H](/C(C)=C/C[C@@H](C)C(C)C)CC[C@H]4[C@@H]3C[C@H](OC(C)=O)[C@H]2C1. The highest BCUT2D eigenvalue weighted by molar-refractivity contribution is 5.66. The molecule has 0 aromatic heterocycles. The summed E-state index contributed by atoms with van der Waals surface area (Å²) in [5.74, 6) is 2.99. The molecule has 0 saturated heterocycles. The van der Waals surface area contributed by atoms with E-state index in [0.29, 0.717) is 29.6 Å². The first-order valence-electron chi connectivity index (χ1n) is 14.6. The molecule has 4 nitrogen and oxygen atoms in total. The lowest BCUT2D eigenvalue weighted by Gasteiger charge is -2.58. The first-order valence-corrected chi connectivity index (χ1v) is 14.6. The van der Waals surface area contributed by atoms with Crippen molar-refractivity contribution in [2.75, 3.05) is 0 Å². The standard InChI is InChI=1S/C32H50O4/c1-19(2)20(3)9-10-21(4)26-11-12-27-25-18-30(36-23(6)34)29-17-24(35-22(5)33)13-15-32(29,8)28(25)14-16-31(26,27)7/h10,14,19-20,24-27,29-30H,9,11-13,15-18H2,1-8H3/b21-10+/t20-,24+,25+,26-,27+,29-,30+,31-,32-/m1/s1. The molecule has 4 rings (SSSR count). The van der Waals surface area contributed by atoms with Crippen molar-refractivity contribution in [1.29, 1.82) is 0 Å². The van der Waals surface area contributed by atoms with Gasteiger partial charge >= 0.3 is 11.9 Å². The minimum absolute atomic E-state index is 0.0106. The summed E-state index contributed by atoms with van der Waals surface area (Å²) in [6.07, 6.45) is 13.4. The molecule has 36 heavy (non-hydrogen) atoms. The fourth-order valence-electron chi connectivity index (χ4n) is 8.73. The van der Waals surface area contributed by atoms with Crippen molar-refractivity contribution in [3.05, 3.63) is 23.3 Å². The third kappa shape index (κ3) is 4.95.